The molecule has 20 rings (SSSR count). The lowest BCUT2D eigenvalue weighted by Crippen LogP contribution is -2.33. The van der Waals surface area contributed by atoms with Gasteiger partial charge >= 0.3 is 0 Å². The van der Waals surface area contributed by atoms with Gasteiger partial charge in [-0.05, 0) is 148 Å². The number of hydrogen-bond donors (Lipinski definition) is 16. The third-order valence-corrected chi connectivity index (χ3v) is 28.9. The second-order valence-electron chi connectivity index (χ2n) is 35.0. The molecule has 8 aliphatic rings. The zero-order valence-corrected chi connectivity index (χ0v) is 81.9. The highest BCUT2D eigenvalue weighted by molar-refractivity contribution is 7.99. The fourth-order valence-corrected chi connectivity index (χ4v) is 19.6. The first-order valence-electron chi connectivity index (χ1n) is 57.8. The van der Waals surface area contributed by atoms with Gasteiger partial charge in [0.25, 0.3) is 0 Å². The van der Waals surface area contributed by atoms with Crippen molar-refractivity contribution < 1.29 is 129 Å². The Hall–Kier alpha value is -9.52. The average Bonchev–Trinajstić information content (AvgIpc) is 1.47. The number of thioether (sulfide) groups is 4. The number of aliphatic hydroxyl groups excluding tert-OH is 10. The van der Waals surface area contributed by atoms with Crippen LogP contribution in [0.3, 0.4) is 0 Å². The Morgan fingerprint density at radius 2 is 0.701 bits per heavy atom. The minimum atomic E-state index is -3.43. The molecule has 0 unspecified atom stereocenters. The number of nitrogens with zero attached hydrogens (tertiary/aromatic N) is 20. The summed E-state index contributed by atoms with van der Waals surface area (Å²) in [7, 11) is 0. The molecule has 40 nitrogen and oxygen atoms in total. The van der Waals surface area contributed by atoms with E-state index in [-0.39, 0.29) is 134 Å². The predicted molar refractivity (Wildman–Crippen MR) is 530 cm³/mol. The van der Waals surface area contributed by atoms with Crippen molar-refractivity contribution in [3.05, 3.63) is 141 Å². The number of nitrogens with one attached hydrogen (secondary N) is 4. The van der Waals surface area contributed by atoms with E-state index in [1.807, 2.05) is 20.8 Å². The number of rotatable bonds is 40. The largest absolute Gasteiger partial charge is 0.394 e. The first-order chi connectivity index (χ1) is 77.9. The molecule has 0 aliphatic heterocycles. The predicted octanol–water partition coefficient (Wildman–Crippen LogP) is 8.73. The summed E-state index contributed by atoms with van der Waals surface area (Å²) < 4.78 is 271. The van der Waals surface area contributed by atoms with Crippen molar-refractivity contribution in [2.45, 2.75) is 298 Å². The summed E-state index contributed by atoms with van der Waals surface area (Å²) >= 11 is 4.31. The molecule has 8 heterocycles. The van der Waals surface area contributed by atoms with E-state index in [4.69, 9.17) is 55.6 Å². The van der Waals surface area contributed by atoms with Gasteiger partial charge in [0.1, 0.15) is 72.1 Å². The molecule has 0 spiro atoms. The smallest absolute Gasteiger partial charge is 0.191 e. The van der Waals surface area contributed by atoms with E-state index < -0.39 is 239 Å². The number of aromatic nitrogens is 20. The van der Waals surface area contributed by atoms with Crippen LogP contribution in [0.25, 0.3) is 44.7 Å². The normalized spacial score (nSPS) is 34.2. The Bertz CT molecular complexity index is 7670. The zero-order valence-electron chi connectivity index (χ0n) is 102. The molecule has 24 atom stereocenters. The summed E-state index contributed by atoms with van der Waals surface area (Å²) in [5.74, 6) is -4.69. The van der Waals surface area contributed by atoms with Crippen molar-refractivity contribution in [1.29, 1.82) is 0 Å². The van der Waals surface area contributed by atoms with Crippen molar-refractivity contribution >= 4 is 115 Å². The first-order valence-corrected chi connectivity index (χ1v) is 50.1. The molecule has 8 aromatic heterocycles. The Kier molecular flexibility index (Phi) is 26.2. The minimum absolute atomic E-state index is 0.00701. The number of halogens is 4. The minimum Gasteiger partial charge on any atom is -0.394 e. The van der Waals surface area contributed by atoms with Crippen LogP contribution in [-0.2, 0) is 18.9 Å². The SMILES string of the molecule is [2H]C([2H])(C)C([2H])([2H])Sc1nc(N[C@]2([2H])C[C@H]2c2ccc(C)c(F)c2)c2nnn([C@@H]3C[C@H](OC([2H])([2H])C([2H])([2H])O)[C@@H](O)[C@H]3O)c2n1.[2H]C([2H])(CO)O[C@H]1C[C@@H](n2nnc3c(N[C@@]4([2H])[C@H](c5ccc(C)c(F)c5)C4([2H])[2H])nc(SCCC)nc32)[C@H](O)[C@@H]1O.[2H]C([2H])(O)CO[C@H]1C[C@@H](n2nnc3c(N[C@@]4([2H])[C@H](c5ccc(C)c(F)c5)C4([2H])[2H])nc(SCCC)nc32)[C@H](O)[C@@H]1O.[2H]C1([2H])[C@@]([2H])(Nc2nc(SCCC)nc3c2nnn3[C@@H]2C[C@H](OCCO)[C@@H](O)[C@H]2O)[C@]1([2H])c1ccc(C)c(F)c1. The van der Waals surface area contributed by atoms with Crippen LogP contribution in [0.5, 0.6) is 0 Å². The van der Waals surface area contributed by atoms with Crippen LogP contribution in [0, 0.1) is 51.0 Å². The monoisotopic (exact) mass is 2100 g/mol. The number of anilines is 4. The highest BCUT2D eigenvalue weighted by atomic mass is 32.2. The Balaban J connectivity index is 0.000000149. The molecule has 0 bridgehead atoms. The fraction of sp³-hybridized carbons (Fsp3) is 0.583. The van der Waals surface area contributed by atoms with E-state index in [1.165, 1.54) is 85.7 Å². The molecule has 8 aliphatic carbocycles. The van der Waals surface area contributed by atoms with E-state index >= 15 is 0 Å². The van der Waals surface area contributed by atoms with Gasteiger partial charge in [0.15, 0.2) is 88.6 Å². The molecule has 16 N–H and O–H groups in total. The fourth-order valence-electron chi connectivity index (χ4n) is 17.0. The van der Waals surface area contributed by atoms with Gasteiger partial charge in [-0.2, -0.15) is 0 Å². The molecular formula is C96H124F4N24O16S4. The zero-order chi connectivity index (χ0) is 122. The summed E-state index contributed by atoms with van der Waals surface area (Å²) in [5, 5.41) is 168. The Morgan fingerprint density at radius 1 is 0.375 bits per heavy atom. The number of fused-ring (bicyclic) bond motifs is 4. The maximum Gasteiger partial charge on any atom is 0.191 e. The number of hydrogen-bond acceptors (Lipinski definition) is 40. The molecule has 0 saturated heterocycles. The maximum absolute atomic E-state index is 14.4. The van der Waals surface area contributed by atoms with Crippen LogP contribution in [0.15, 0.2) is 93.4 Å². The lowest BCUT2D eigenvalue weighted by atomic mass is 10.1. The quantitative estimate of drug-likeness (QED) is 0.00969. The van der Waals surface area contributed by atoms with Crippen molar-refractivity contribution in [3.63, 3.8) is 0 Å². The van der Waals surface area contributed by atoms with E-state index in [9.17, 15) is 73.7 Å². The van der Waals surface area contributed by atoms with Crippen LogP contribution in [0.1, 0.15) is 228 Å². The van der Waals surface area contributed by atoms with Crippen LogP contribution < -0.4 is 21.3 Å². The summed E-state index contributed by atoms with van der Waals surface area (Å²) in [4.78, 5) is 35.7. The summed E-state index contributed by atoms with van der Waals surface area (Å²) in [6.07, 6.45) is -22.6. The lowest BCUT2D eigenvalue weighted by molar-refractivity contribution is -0.0629. The standard InChI is InChI=1S/4C24H31FN6O4S/c4*1-3-8-36-24-27-22(26-16-10-14(16)13-5-4-12(2)15(25)9-13)19-23(28-24)31(30-29-19)17-11-18(35-7-6-32)21(34)20(17)33/h4*4-5,9,14,16-18,20-21,32-34H,3,6-8,10-11H2,1-2H3,(H,26,27,28)/t4*14-,16+,17+,18-,20-,21+/m0000/s1/i3D2,6D2,7D2,8D2,16D;10D2,14D,16D;7D2,10D2,16D;6D2,10D2,16D. The van der Waals surface area contributed by atoms with Gasteiger partial charge in [-0.25, -0.2) is 76.2 Å². The van der Waals surface area contributed by atoms with Crippen LogP contribution in [-0.4, -0.2) is 334 Å². The lowest BCUT2D eigenvalue weighted by Gasteiger charge is -2.17. The third-order valence-electron chi connectivity index (χ3n) is 25.0. The molecule has 0 amide bonds. The summed E-state index contributed by atoms with van der Waals surface area (Å²) in [6, 6.07) is 6.14. The number of aryl methyl sites for hydroxylation is 4. The Labute approximate surface area is 876 Å². The van der Waals surface area contributed by atoms with E-state index in [1.54, 1.807) is 58.0 Å². The van der Waals surface area contributed by atoms with Gasteiger partial charge in [0.05, 0.1) is 118 Å². The Morgan fingerprint density at radius 3 is 1.04 bits per heavy atom. The topological polar surface area (TPSA) is 554 Å². The molecule has 144 heavy (non-hydrogen) atoms. The van der Waals surface area contributed by atoms with Crippen molar-refractivity contribution in [2.24, 2.45) is 0 Å². The van der Waals surface area contributed by atoms with Crippen molar-refractivity contribution in [2.75, 3.05) is 96.9 Å². The van der Waals surface area contributed by atoms with Gasteiger partial charge in [0.2, 0.25) is 0 Å². The van der Waals surface area contributed by atoms with Gasteiger partial charge in [-0.1, -0.05) is 144 Å². The second-order valence-corrected chi connectivity index (χ2v) is 38.9. The van der Waals surface area contributed by atoms with Crippen LogP contribution in [0.2, 0.25) is 0 Å². The average molecular weight is 2100 g/mol. The highest BCUT2D eigenvalue weighted by Crippen LogP contribution is 2.50. The maximum atomic E-state index is 14.4. The van der Waals surface area contributed by atoms with E-state index in [0.29, 0.717) is 73.1 Å². The summed E-state index contributed by atoms with van der Waals surface area (Å²) in [5.41, 5.74) is 0.923. The molecule has 0 radical (unpaired) electrons. The third kappa shape index (κ3) is 23.8. The molecule has 4 aromatic carbocycles. The van der Waals surface area contributed by atoms with Crippen molar-refractivity contribution in [1.82, 2.24) is 99.8 Å². The number of ether oxygens (including phenoxy) is 4. The van der Waals surface area contributed by atoms with Gasteiger partial charge < -0.3 is 101 Å². The van der Waals surface area contributed by atoms with Gasteiger partial charge in [-0.15, -0.1) is 20.4 Å². The van der Waals surface area contributed by atoms with Crippen LogP contribution in [0.4, 0.5) is 40.8 Å². The van der Waals surface area contributed by atoms with Crippen molar-refractivity contribution in [3.8, 4) is 0 Å². The van der Waals surface area contributed by atoms with Crippen LogP contribution >= 0.6 is 47.0 Å². The molecular weight excluding hydrogens is 1950 g/mol. The number of aliphatic hydroxyl groups is 12. The van der Waals surface area contributed by atoms with Gasteiger partial charge in [-0.3, -0.25) is 0 Å². The highest BCUT2D eigenvalue weighted by Gasteiger charge is 2.51. The molecule has 48 heteroatoms. The molecule has 8 saturated carbocycles. The second kappa shape index (κ2) is 47.3. The molecule has 12 aromatic rings. The molecule has 776 valence electrons. The van der Waals surface area contributed by atoms with Gasteiger partial charge in [0, 0.05) is 111 Å². The first kappa shape index (κ1) is 79.6. The van der Waals surface area contributed by atoms with E-state index in [0.717, 1.165) is 36.9 Å². The number of benzene rings is 4. The summed E-state index contributed by atoms with van der Waals surface area (Å²) in [6.45, 7) is -0.311. The molecule has 8 fully saturated rings. The van der Waals surface area contributed by atoms with E-state index in [2.05, 4.69) is 102 Å².